The second kappa shape index (κ2) is 4.97. The van der Waals surface area contributed by atoms with Crippen LogP contribution in [-0.2, 0) is 4.74 Å². The minimum atomic E-state index is -1.20. The lowest BCUT2D eigenvalue weighted by Gasteiger charge is -2.35. The Hall–Kier alpha value is -1.56. The van der Waals surface area contributed by atoms with Gasteiger partial charge in [0, 0.05) is 19.3 Å². The van der Waals surface area contributed by atoms with Crippen LogP contribution in [0.4, 0.5) is 8.78 Å². The molecule has 1 aromatic rings. The lowest BCUT2D eigenvalue weighted by molar-refractivity contribution is -0.0586. The maximum absolute atomic E-state index is 13.0. The van der Waals surface area contributed by atoms with Crippen LogP contribution in [-0.4, -0.2) is 41.1 Å². The number of nitrogens with zero attached hydrogens (tertiary/aromatic N) is 2. The molecule has 0 radical (unpaired) electrons. The van der Waals surface area contributed by atoms with Crippen molar-refractivity contribution in [1.29, 1.82) is 0 Å². The summed E-state index contributed by atoms with van der Waals surface area (Å²) >= 11 is 0. The van der Waals surface area contributed by atoms with E-state index in [1.807, 2.05) is 13.8 Å². The topological polar surface area (TPSA) is 42.4 Å². The maximum Gasteiger partial charge on any atom is 0.255 e. The minimum Gasteiger partial charge on any atom is -0.372 e. The van der Waals surface area contributed by atoms with Crippen LogP contribution in [0, 0.1) is 11.8 Å². The van der Waals surface area contributed by atoms with Crippen LogP contribution in [0.2, 0.25) is 0 Å². The molecule has 0 bridgehead atoms. The standard InChI is InChI=1S/C12H14F2N2O2/c1-7-5-16(6-8(2)18-7)12(17)9-3-10(13)11(14)15-4-9/h3-4,7-8H,5-6H2,1-2H3. The Bertz CT molecular complexity index is 457. The molecule has 6 heteroatoms. The van der Waals surface area contributed by atoms with E-state index >= 15 is 0 Å². The first-order chi connectivity index (χ1) is 8.47. The van der Waals surface area contributed by atoms with Crippen LogP contribution in [0.15, 0.2) is 12.3 Å². The Labute approximate surface area is 104 Å². The fraction of sp³-hybridized carbons (Fsp3) is 0.500. The minimum absolute atomic E-state index is 0.0511. The van der Waals surface area contributed by atoms with E-state index in [4.69, 9.17) is 4.74 Å². The van der Waals surface area contributed by atoms with E-state index in [9.17, 15) is 13.6 Å². The molecule has 2 atom stereocenters. The molecule has 2 heterocycles. The van der Waals surface area contributed by atoms with Gasteiger partial charge in [0.1, 0.15) is 0 Å². The highest BCUT2D eigenvalue weighted by Crippen LogP contribution is 2.15. The molecule has 0 aromatic carbocycles. The highest BCUT2D eigenvalue weighted by molar-refractivity contribution is 5.94. The highest BCUT2D eigenvalue weighted by atomic mass is 19.2. The number of carbonyl (C=O) groups excluding carboxylic acids is 1. The third-order valence-electron chi connectivity index (χ3n) is 2.75. The zero-order valence-corrected chi connectivity index (χ0v) is 10.2. The molecular formula is C12H14F2N2O2. The summed E-state index contributed by atoms with van der Waals surface area (Å²) in [5.41, 5.74) is 0.0511. The molecule has 2 rings (SSSR count). The number of aromatic nitrogens is 1. The van der Waals surface area contributed by atoms with Crippen LogP contribution >= 0.6 is 0 Å². The van der Waals surface area contributed by atoms with Crippen molar-refractivity contribution < 1.29 is 18.3 Å². The van der Waals surface area contributed by atoms with Crippen LogP contribution < -0.4 is 0 Å². The van der Waals surface area contributed by atoms with Gasteiger partial charge in [0.2, 0.25) is 5.95 Å². The molecule has 0 N–H and O–H groups in total. The van der Waals surface area contributed by atoms with Gasteiger partial charge in [-0.15, -0.1) is 0 Å². The quantitative estimate of drug-likeness (QED) is 0.717. The highest BCUT2D eigenvalue weighted by Gasteiger charge is 2.27. The summed E-state index contributed by atoms with van der Waals surface area (Å²) in [5, 5.41) is 0. The van der Waals surface area contributed by atoms with Crippen molar-refractivity contribution in [3.05, 3.63) is 29.6 Å². The van der Waals surface area contributed by atoms with Gasteiger partial charge in [-0.3, -0.25) is 4.79 Å². The molecule has 1 amide bonds. The second-order valence-electron chi connectivity index (χ2n) is 4.46. The first kappa shape index (κ1) is 12.9. The zero-order chi connectivity index (χ0) is 13.3. The van der Waals surface area contributed by atoms with Crippen molar-refractivity contribution in [1.82, 2.24) is 9.88 Å². The molecule has 2 unspecified atom stereocenters. The monoisotopic (exact) mass is 256 g/mol. The smallest absolute Gasteiger partial charge is 0.255 e. The van der Waals surface area contributed by atoms with Crippen molar-refractivity contribution in [3.8, 4) is 0 Å². The molecule has 18 heavy (non-hydrogen) atoms. The number of halogens is 2. The van der Waals surface area contributed by atoms with Gasteiger partial charge in [0.25, 0.3) is 5.91 Å². The Balaban J connectivity index is 2.17. The Kier molecular flexibility index (Phi) is 3.56. The van der Waals surface area contributed by atoms with Crippen molar-refractivity contribution in [2.45, 2.75) is 26.1 Å². The van der Waals surface area contributed by atoms with Crippen LogP contribution in [0.5, 0.6) is 0 Å². The predicted octanol–water partition coefficient (Wildman–Crippen LogP) is 1.61. The summed E-state index contributed by atoms with van der Waals surface area (Å²) in [4.78, 5) is 16.9. The molecule has 1 aliphatic rings. The number of carbonyl (C=O) groups is 1. The van der Waals surface area contributed by atoms with Crippen molar-refractivity contribution in [2.24, 2.45) is 0 Å². The third-order valence-corrected chi connectivity index (χ3v) is 2.75. The summed E-state index contributed by atoms with van der Waals surface area (Å²) in [5.74, 6) is -2.67. The number of morpholine rings is 1. The average Bonchev–Trinajstić information content (AvgIpc) is 2.30. The summed E-state index contributed by atoms with van der Waals surface area (Å²) in [6, 6.07) is 0.870. The Morgan fingerprint density at radius 1 is 1.39 bits per heavy atom. The molecule has 0 saturated carbocycles. The fourth-order valence-electron chi connectivity index (χ4n) is 2.06. The molecule has 98 valence electrons. The Morgan fingerprint density at radius 2 is 2.00 bits per heavy atom. The number of hydrogen-bond donors (Lipinski definition) is 0. The molecule has 0 aliphatic carbocycles. The van der Waals surface area contributed by atoms with Gasteiger partial charge in [-0.25, -0.2) is 9.37 Å². The van der Waals surface area contributed by atoms with E-state index in [2.05, 4.69) is 4.98 Å². The molecule has 1 saturated heterocycles. The summed E-state index contributed by atoms with van der Waals surface area (Å²) in [6.45, 7) is 4.59. The predicted molar refractivity (Wildman–Crippen MR) is 60.1 cm³/mol. The summed E-state index contributed by atoms with van der Waals surface area (Å²) in [6.07, 6.45) is 0.901. The zero-order valence-electron chi connectivity index (χ0n) is 10.2. The molecule has 1 fully saturated rings. The van der Waals surface area contributed by atoms with E-state index < -0.39 is 11.8 Å². The molecule has 0 spiro atoms. The van der Waals surface area contributed by atoms with E-state index in [0.29, 0.717) is 13.1 Å². The Morgan fingerprint density at radius 3 is 2.56 bits per heavy atom. The second-order valence-corrected chi connectivity index (χ2v) is 4.46. The fourth-order valence-corrected chi connectivity index (χ4v) is 2.06. The molecule has 1 aliphatic heterocycles. The van der Waals surface area contributed by atoms with Gasteiger partial charge in [0.15, 0.2) is 5.82 Å². The van der Waals surface area contributed by atoms with E-state index in [-0.39, 0.29) is 23.7 Å². The van der Waals surface area contributed by atoms with Gasteiger partial charge in [-0.1, -0.05) is 0 Å². The largest absolute Gasteiger partial charge is 0.372 e. The molecular weight excluding hydrogens is 242 g/mol. The van der Waals surface area contributed by atoms with Crippen LogP contribution in [0.25, 0.3) is 0 Å². The van der Waals surface area contributed by atoms with Crippen molar-refractivity contribution in [3.63, 3.8) is 0 Å². The van der Waals surface area contributed by atoms with Crippen molar-refractivity contribution >= 4 is 5.91 Å². The number of hydrogen-bond acceptors (Lipinski definition) is 3. The van der Waals surface area contributed by atoms with E-state index in [1.54, 1.807) is 4.90 Å². The maximum atomic E-state index is 13.0. The van der Waals surface area contributed by atoms with Gasteiger partial charge < -0.3 is 9.64 Å². The molecule has 1 aromatic heterocycles. The summed E-state index contributed by atoms with van der Waals surface area (Å²) < 4.78 is 31.2. The van der Waals surface area contributed by atoms with E-state index in [1.165, 1.54) is 0 Å². The lowest BCUT2D eigenvalue weighted by atomic mass is 10.2. The first-order valence-corrected chi connectivity index (χ1v) is 5.73. The van der Waals surface area contributed by atoms with Crippen LogP contribution in [0.1, 0.15) is 24.2 Å². The average molecular weight is 256 g/mol. The van der Waals surface area contributed by atoms with Gasteiger partial charge >= 0.3 is 0 Å². The van der Waals surface area contributed by atoms with E-state index in [0.717, 1.165) is 12.3 Å². The van der Waals surface area contributed by atoms with Crippen molar-refractivity contribution in [2.75, 3.05) is 13.1 Å². The SMILES string of the molecule is CC1CN(C(=O)c2cnc(F)c(F)c2)CC(C)O1. The van der Waals surface area contributed by atoms with Gasteiger partial charge in [-0.2, -0.15) is 4.39 Å². The lowest BCUT2D eigenvalue weighted by Crippen LogP contribution is -2.48. The van der Waals surface area contributed by atoms with Gasteiger partial charge in [-0.05, 0) is 19.9 Å². The van der Waals surface area contributed by atoms with Gasteiger partial charge in [0.05, 0.1) is 17.8 Å². The normalized spacial score (nSPS) is 24.1. The number of amides is 1. The number of pyridine rings is 1. The number of rotatable bonds is 1. The summed E-state index contributed by atoms with van der Waals surface area (Å²) in [7, 11) is 0. The first-order valence-electron chi connectivity index (χ1n) is 5.73. The number of ether oxygens (including phenoxy) is 1. The molecule has 4 nitrogen and oxygen atoms in total. The third kappa shape index (κ3) is 2.64. The van der Waals surface area contributed by atoms with Crippen LogP contribution in [0.3, 0.4) is 0 Å².